The number of carbonyl (C=O) groups is 1. The first-order valence-corrected chi connectivity index (χ1v) is 6.76. The summed E-state index contributed by atoms with van der Waals surface area (Å²) < 4.78 is 5.43. The topological polar surface area (TPSA) is 72.5 Å². The van der Waals surface area contributed by atoms with Gasteiger partial charge >= 0.3 is 5.97 Å². The molecule has 3 N–H and O–H groups in total. The van der Waals surface area contributed by atoms with Gasteiger partial charge in [0, 0.05) is 12.5 Å². The average Bonchev–Trinajstić information content (AvgIpc) is 2.74. The maximum absolute atomic E-state index is 10.5. The van der Waals surface area contributed by atoms with E-state index in [1.54, 1.807) is 7.11 Å². The lowest BCUT2D eigenvalue weighted by atomic mass is 9.97. The molecule has 0 saturated carbocycles. The maximum Gasteiger partial charge on any atom is 0.303 e. The summed E-state index contributed by atoms with van der Waals surface area (Å²) in [5.41, 5.74) is 9.88. The third-order valence-electron chi connectivity index (χ3n) is 3.72. The van der Waals surface area contributed by atoms with Gasteiger partial charge in [0.15, 0.2) is 0 Å². The summed E-state index contributed by atoms with van der Waals surface area (Å²) in [5, 5.41) is 8.66. The number of benzene rings is 1. The standard InChI is InChI=1S/C15H21NO3/c1-19-14-7-6-10-8-11(16)9-13(10)12(14)4-2-3-5-15(17)18/h6-7,11H,2-5,8-9,16H2,1H3,(H,17,18). The zero-order valence-corrected chi connectivity index (χ0v) is 11.3. The average molecular weight is 263 g/mol. The number of hydrogen-bond donors (Lipinski definition) is 2. The van der Waals surface area contributed by atoms with Crippen LogP contribution in [0.25, 0.3) is 0 Å². The van der Waals surface area contributed by atoms with E-state index in [1.165, 1.54) is 16.7 Å². The minimum atomic E-state index is -0.729. The van der Waals surface area contributed by atoms with E-state index in [9.17, 15) is 4.79 Å². The Labute approximate surface area is 113 Å². The number of nitrogens with two attached hydrogens (primary N) is 1. The van der Waals surface area contributed by atoms with Gasteiger partial charge in [-0.05, 0) is 54.9 Å². The number of hydrogen-bond acceptors (Lipinski definition) is 3. The molecule has 0 aliphatic heterocycles. The summed E-state index contributed by atoms with van der Waals surface area (Å²) in [6, 6.07) is 4.31. The van der Waals surface area contributed by atoms with Gasteiger partial charge in [-0.1, -0.05) is 6.07 Å². The third-order valence-corrected chi connectivity index (χ3v) is 3.72. The molecule has 1 aliphatic carbocycles. The highest BCUT2D eigenvalue weighted by atomic mass is 16.5. The predicted octanol–water partition coefficient (Wildman–Crippen LogP) is 1.92. The van der Waals surface area contributed by atoms with E-state index in [0.29, 0.717) is 6.42 Å². The van der Waals surface area contributed by atoms with Crippen LogP contribution in [0, 0.1) is 0 Å². The molecule has 1 unspecified atom stereocenters. The van der Waals surface area contributed by atoms with Crippen molar-refractivity contribution in [3.05, 3.63) is 28.8 Å². The lowest BCUT2D eigenvalue weighted by Crippen LogP contribution is -2.19. The predicted molar refractivity (Wildman–Crippen MR) is 73.6 cm³/mol. The van der Waals surface area contributed by atoms with Crippen molar-refractivity contribution < 1.29 is 14.6 Å². The number of carboxylic acids is 1. The number of aliphatic carboxylic acids is 1. The molecule has 4 heteroatoms. The van der Waals surface area contributed by atoms with Crippen LogP contribution in [-0.2, 0) is 24.1 Å². The van der Waals surface area contributed by atoms with Crippen LogP contribution >= 0.6 is 0 Å². The van der Waals surface area contributed by atoms with Crippen molar-refractivity contribution in [2.24, 2.45) is 5.73 Å². The van der Waals surface area contributed by atoms with Gasteiger partial charge in [0.2, 0.25) is 0 Å². The largest absolute Gasteiger partial charge is 0.496 e. The van der Waals surface area contributed by atoms with Crippen LogP contribution in [0.2, 0.25) is 0 Å². The Hall–Kier alpha value is -1.55. The fourth-order valence-electron chi connectivity index (χ4n) is 2.83. The zero-order valence-electron chi connectivity index (χ0n) is 11.3. The molecule has 1 atom stereocenters. The summed E-state index contributed by atoms with van der Waals surface area (Å²) in [6.07, 6.45) is 4.51. The molecule has 104 valence electrons. The first-order valence-electron chi connectivity index (χ1n) is 6.76. The smallest absolute Gasteiger partial charge is 0.303 e. The van der Waals surface area contributed by atoms with Crippen molar-refractivity contribution in [1.29, 1.82) is 0 Å². The Morgan fingerprint density at radius 2 is 2.21 bits per heavy atom. The van der Waals surface area contributed by atoms with E-state index in [1.807, 2.05) is 6.07 Å². The Bertz CT molecular complexity index is 471. The Kier molecular flexibility index (Phi) is 4.43. The van der Waals surface area contributed by atoms with Crippen LogP contribution < -0.4 is 10.5 Å². The van der Waals surface area contributed by atoms with Crippen molar-refractivity contribution in [1.82, 2.24) is 0 Å². The van der Waals surface area contributed by atoms with E-state index in [4.69, 9.17) is 15.6 Å². The monoisotopic (exact) mass is 263 g/mol. The van der Waals surface area contributed by atoms with E-state index in [2.05, 4.69) is 6.07 Å². The van der Waals surface area contributed by atoms with Gasteiger partial charge in [0.1, 0.15) is 5.75 Å². The summed E-state index contributed by atoms with van der Waals surface area (Å²) >= 11 is 0. The summed E-state index contributed by atoms with van der Waals surface area (Å²) in [7, 11) is 1.68. The van der Waals surface area contributed by atoms with Gasteiger partial charge in [0.25, 0.3) is 0 Å². The van der Waals surface area contributed by atoms with Crippen LogP contribution in [0.4, 0.5) is 0 Å². The third kappa shape index (κ3) is 3.26. The second-order valence-electron chi connectivity index (χ2n) is 5.15. The van der Waals surface area contributed by atoms with Gasteiger partial charge in [-0.2, -0.15) is 0 Å². The molecule has 1 aromatic carbocycles. The van der Waals surface area contributed by atoms with Gasteiger partial charge < -0.3 is 15.6 Å². The molecule has 0 amide bonds. The Morgan fingerprint density at radius 3 is 2.89 bits per heavy atom. The molecule has 0 radical (unpaired) electrons. The van der Waals surface area contributed by atoms with Crippen molar-refractivity contribution in [3.8, 4) is 5.75 Å². The number of unbranched alkanes of at least 4 members (excludes halogenated alkanes) is 1. The summed E-state index contributed by atoms with van der Waals surface area (Å²) in [4.78, 5) is 10.5. The summed E-state index contributed by atoms with van der Waals surface area (Å²) in [5.74, 6) is 0.176. The van der Waals surface area contributed by atoms with Crippen LogP contribution in [0.3, 0.4) is 0 Å². The molecular formula is C15H21NO3. The highest BCUT2D eigenvalue weighted by Gasteiger charge is 2.23. The van der Waals surface area contributed by atoms with Crippen LogP contribution in [0.15, 0.2) is 12.1 Å². The quantitative estimate of drug-likeness (QED) is 0.769. The van der Waals surface area contributed by atoms with Gasteiger partial charge in [0.05, 0.1) is 7.11 Å². The molecule has 0 spiro atoms. The minimum absolute atomic E-state index is 0.208. The molecule has 2 rings (SSSR count). The highest BCUT2D eigenvalue weighted by molar-refractivity contribution is 5.66. The molecule has 0 saturated heterocycles. The SMILES string of the molecule is COc1ccc2c(c1CCCCC(=O)O)CC(N)C2. The number of rotatable bonds is 6. The first kappa shape index (κ1) is 13.9. The van der Waals surface area contributed by atoms with Crippen molar-refractivity contribution >= 4 is 5.97 Å². The molecule has 0 fully saturated rings. The normalized spacial score (nSPS) is 17.3. The second-order valence-corrected chi connectivity index (χ2v) is 5.15. The fraction of sp³-hybridized carbons (Fsp3) is 0.533. The molecular weight excluding hydrogens is 242 g/mol. The molecule has 4 nitrogen and oxygen atoms in total. The van der Waals surface area contributed by atoms with E-state index in [0.717, 1.165) is 31.4 Å². The van der Waals surface area contributed by atoms with E-state index >= 15 is 0 Å². The Morgan fingerprint density at radius 1 is 1.42 bits per heavy atom. The minimum Gasteiger partial charge on any atom is -0.496 e. The zero-order chi connectivity index (χ0) is 13.8. The van der Waals surface area contributed by atoms with E-state index < -0.39 is 5.97 Å². The van der Waals surface area contributed by atoms with Gasteiger partial charge in [-0.3, -0.25) is 4.79 Å². The van der Waals surface area contributed by atoms with Gasteiger partial charge in [-0.15, -0.1) is 0 Å². The highest BCUT2D eigenvalue weighted by Crippen LogP contribution is 2.32. The molecule has 0 aromatic heterocycles. The number of methoxy groups -OCH3 is 1. The molecule has 19 heavy (non-hydrogen) atoms. The van der Waals surface area contributed by atoms with Crippen LogP contribution in [0.1, 0.15) is 36.0 Å². The molecule has 1 aliphatic rings. The maximum atomic E-state index is 10.5. The Balaban J connectivity index is 2.10. The molecule has 0 bridgehead atoms. The van der Waals surface area contributed by atoms with Crippen LogP contribution in [0.5, 0.6) is 5.75 Å². The van der Waals surface area contributed by atoms with Gasteiger partial charge in [-0.25, -0.2) is 0 Å². The molecule has 0 heterocycles. The first-order chi connectivity index (χ1) is 9.11. The molecule has 1 aromatic rings. The lowest BCUT2D eigenvalue weighted by Gasteiger charge is -2.13. The number of fused-ring (bicyclic) bond motifs is 1. The number of ether oxygens (including phenoxy) is 1. The fourth-order valence-corrected chi connectivity index (χ4v) is 2.83. The van der Waals surface area contributed by atoms with Crippen molar-refractivity contribution in [2.75, 3.05) is 7.11 Å². The lowest BCUT2D eigenvalue weighted by molar-refractivity contribution is -0.137. The number of carboxylic acid groups (broad SMARTS) is 1. The van der Waals surface area contributed by atoms with Crippen molar-refractivity contribution in [3.63, 3.8) is 0 Å². The van der Waals surface area contributed by atoms with Crippen LogP contribution in [-0.4, -0.2) is 24.2 Å². The van der Waals surface area contributed by atoms with E-state index in [-0.39, 0.29) is 12.5 Å². The summed E-state index contributed by atoms with van der Waals surface area (Å²) in [6.45, 7) is 0. The second kappa shape index (κ2) is 6.06. The van der Waals surface area contributed by atoms with Crippen molar-refractivity contribution in [2.45, 2.75) is 44.6 Å².